The van der Waals surface area contributed by atoms with Crippen LogP contribution in [0.2, 0.25) is 0 Å². The summed E-state index contributed by atoms with van der Waals surface area (Å²) < 4.78 is 5.57. The molecule has 1 aromatic rings. The molecule has 0 unspecified atom stereocenters. The smallest absolute Gasteiger partial charge is 0.410 e. The van der Waals surface area contributed by atoms with Crippen LogP contribution in [0.1, 0.15) is 39.7 Å². The monoisotopic (exact) mass is 302 g/mol. The van der Waals surface area contributed by atoms with Gasteiger partial charge in [0.15, 0.2) is 0 Å². The molecule has 3 atom stereocenters. The molecular weight excluding hydrogens is 276 g/mol. The van der Waals surface area contributed by atoms with Gasteiger partial charge in [-0.15, -0.1) is 0 Å². The molecule has 0 radical (unpaired) electrons. The van der Waals surface area contributed by atoms with E-state index in [-0.39, 0.29) is 12.1 Å². The molecular formula is C18H26N2O2. The summed E-state index contributed by atoms with van der Waals surface area (Å²) in [7, 11) is 0. The third-order valence-electron chi connectivity index (χ3n) is 4.36. The van der Waals surface area contributed by atoms with Crippen LogP contribution in [0.5, 0.6) is 0 Å². The summed E-state index contributed by atoms with van der Waals surface area (Å²) in [6, 6.07) is 11.6. The summed E-state index contributed by atoms with van der Waals surface area (Å²) in [6.45, 7) is 9.77. The predicted octanol–water partition coefficient (Wildman–Crippen LogP) is 3.27. The van der Waals surface area contributed by atoms with E-state index in [0.717, 1.165) is 19.5 Å². The zero-order valence-corrected chi connectivity index (χ0v) is 14.0. The number of benzene rings is 1. The lowest BCUT2D eigenvalue weighted by Gasteiger charge is -2.39. The van der Waals surface area contributed by atoms with Crippen LogP contribution < -0.4 is 0 Å². The Morgan fingerprint density at radius 3 is 2.55 bits per heavy atom. The molecule has 1 aliphatic heterocycles. The van der Waals surface area contributed by atoms with E-state index in [1.165, 1.54) is 5.56 Å². The SMILES string of the molecule is C[C@H]1CN(Cc2ccccc2)[C@@H]2C[C@@H]2N1C(=O)OC(C)(C)C. The maximum absolute atomic E-state index is 12.4. The summed E-state index contributed by atoms with van der Waals surface area (Å²) >= 11 is 0. The van der Waals surface area contributed by atoms with E-state index in [2.05, 4.69) is 36.1 Å². The van der Waals surface area contributed by atoms with Crippen LogP contribution in [-0.4, -0.2) is 46.2 Å². The van der Waals surface area contributed by atoms with E-state index < -0.39 is 5.60 Å². The van der Waals surface area contributed by atoms with Gasteiger partial charge >= 0.3 is 6.09 Å². The van der Waals surface area contributed by atoms with E-state index in [9.17, 15) is 4.79 Å². The molecule has 0 aromatic heterocycles. The van der Waals surface area contributed by atoms with Gasteiger partial charge in [0, 0.05) is 25.2 Å². The van der Waals surface area contributed by atoms with E-state index in [4.69, 9.17) is 4.74 Å². The number of fused-ring (bicyclic) bond motifs is 1. The second kappa shape index (κ2) is 5.58. The first-order valence-electron chi connectivity index (χ1n) is 8.14. The normalized spacial score (nSPS) is 28.2. The van der Waals surface area contributed by atoms with Crippen LogP contribution in [0, 0.1) is 0 Å². The molecule has 2 aliphatic rings. The van der Waals surface area contributed by atoms with Gasteiger partial charge in [-0.3, -0.25) is 9.80 Å². The number of ether oxygens (including phenoxy) is 1. The summed E-state index contributed by atoms with van der Waals surface area (Å²) in [5.41, 5.74) is 0.911. The number of nitrogens with zero attached hydrogens (tertiary/aromatic N) is 2. The highest BCUT2D eigenvalue weighted by molar-refractivity contribution is 5.70. The van der Waals surface area contributed by atoms with Crippen molar-refractivity contribution in [1.82, 2.24) is 9.80 Å². The number of carbonyl (C=O) groups is 1. The molecule has 1 aliphatic carbocycles. The minimum absolute atomic E-state index is 0.160. The van der Waals surface area contributed by atoms with Crippen molar-refractivity contribution in [2.24, 2.45) is 0 Å². The van der Waals surface area contributed by atoms with Crippen molar-refractivity contribution in [2.75, 3.05) is 6.54 Å². The molecule has 0 N–H and O–H groups in total. The number of hydrogen-bond donors (Lipinski definition) is 0. The van der Waals surface area contributed by atoms with Gasteiger partial charge < -0.3 is 4.74 Å². The second-order valence-electron chi connectivity index (χ2n) is 7.52. The number of rotatable bonds is 2. The van der Waals surface area contributed by atoms with Crippen molar-refractivity contribution in [3.63, 3.8) is 0 Å². The fraction of sp³-hybridized carbons (Fsp3) is 0.611. The Hall–Kier alpha value is -1.55. The third kappa shape index (κ3) is 3.27. The molecule has 1 aromatic carbocycles. The van der Waals surface area contributed by atoms with Crippen LogP contribution in [0.3, 0.4) is 0 Å². The Labute approximate surface area is 133 Å². The van der Waals surface area contributed by atoms with Crippen molar-refractivity contribution in [1.29, 1.82) is 0 Å². The molecule has 1 saturated heterocycles. The average Bonchev–Trinajstić information content (AvgIpc) is 3.17. The van der Waals surface area contributed by atoms with Gasteiger partial charge in [0.25, 0.3) is 0 Å². The molecule has 4 heteroatoms. The van der Waals surface area contributed by atoms with Crippen LogP contribution in [-0.2, 0) is 11.3 Å². The molecule has 1 saturated carbocycles. The van der Waals surface area contributed by atoms with E-state index >= 15 is 0 Å². The molecule has 1 heterocycles. The highest BCUT2D eigenvalue weighted by atomic mass is 16.6. The van der Waals surface area contributed by atoms with Gasteiger partial charge in [-0.25, -0.2) is 4.79 Å². The summed E-state index contributed by atoms with van der Waals surface area (Å²) in [5, 5.41) is 0. The summed E-state index contributed by atoms with van der Waals surface area (Å²) in [6.07, 6.45) is 0.906. The first kappa shape index (κ1) is 15.3. The molecule has 120 valence electrons. The lowest BCUT2D eigenvalue weighted by Crippen LogP contribution is -2.54. The van der Waals surface area contributed by atoms with Crippen LogP contribution in [0.4, 0.5) is 4.79 Å². The second-order valence-corrected chi connectivity index (χ2v) is 7.52. The van der Waals surface area contributed by atoms with E-state index in [1.54, 1.807) is 0 Å². The largest absolute Gasteiger partial charge is 0.444 e. The van der Waals surface area contributed by atoms with Crippen molar-refractivity contribution >= 4 is 6.09 Å². The Morgan fingerprint density at radius 1 is 1.23 bits per heavy atom. The van der Waals surface area contributed by atoms with Crippen LogP contribution in [0.25, 0.3) is 0 Å². The van der Waals surface area contributed by atoms with Crippen molar-refractivity contribution in [2.45, 2.75) is 64.4 Å². The molecule has 0 bridgehead atoms. The predicted molar refractivity (Wildman–Crippen MR) is 86.6 cm³/mol. The number of amides is 1. The molecule has 1 amide bonds. The number of hydrogen-bond acceptors (Lipinski definition) is 3. The fourth-order valence-electron chi connectivity index (χ4n) is 3.38. The Kier molecular flexibility index (Phi) is 3.89. The van der Waals surface area contributed by atoms with Crippen molar-refractivity contribution in [3.05, 3.63) is 35.9 Å². The van der Waals surface area contributed by atoms with E-state index in [0.29, 0.717) is 12.1 Å². The summed E-state index contributed by atoms with van der Waals surface area (Å²) in [4.78, 5) is 16.9. The number of carbonyl (C=O) groups excluding carboxylic acids is 1. The van der Waals surface area contributed by atoms with Crippen LogP contribution in [0.15, 0.2) is 30.3 Å². The lowest BCUT2D eigenvalue weighted by molar-refractivity contribution is -0.00110. The number of piperazine rings is 1. The highest BCUT2D eigenvalue weighted by Gasteiger charge is 2.53. The standard InChI is InChI=1S/C18H26N2O2/c1-13-11-19(12-14-8-6-5-7-9-14)15-10-16(15)20(13)17(21)22-18(2,3)4/h5-9,13,15-16H,10-12H2,1-4H3/t13-,15+,16-/m0/s1. The van der Waals surface area contributed by atoms with Crippen LogP contribution >= 0.6 is 0 Å². The first-order chi connectivity index (χ1) is 10.3. The molecule has 0 spiro atoms. The average molecular weight is 302 g/mol. The highest BCUT2D eigenvalue weighted by Crippen LogP contribution is 2.40. The zero-order chi connectivity index (χ0) is 15.9. The minimum Gasteiger partial charge on any atom is -0.444 e. The van der Waals surface area contributed by atoms with Crippen molar-refractivity contribution in [3.8, 4) is 0 Å². The summed E-state index contributed by atoms with van der Waals surface area (Å²) in [5.74, 6) is 0. The Bertz CT molecular complexity index is 536. The maximum atomic E-state index is 12.4. The minimum atomic E-state index is -0.428. The van der Waals surface area contributed by atoms with Gasteiger partial charge in [-0.1, -0.05) is 30.3 Å². The van der Waals surface area contributed by atoms with Gasteiger partial charge in [-0.2, -0.15) is 0 Å². The van der Waals surface area contributed by atoms with Gasteiger partial charge in [0.05, 0.1) is 6.04 Å². The quantitative estimate of drug-likeness (QED) is 0.840. The fourth-order valence-corrected chi connectivity index (χ4v) is 3.38. The molecule has 3 rings (SSSR count). The van der Waals surface area contributed by atoms with Gasteiger partial charge in [0.2, 0.25) is 0 Å². The molecule has 22 heavy (non-hydrogen) atoms. The van der Waals surface area contributed by atoms with Gasteiger partial charge in [0.1, 0.15) is 5.60 Å². The lowest BCUT2D eigenvalue weighted by atomic mass is 10.1. The first-order valence-corrected chi connectivity index (χ1v) is 8.14. The zero-order valence-electron chi connectivity index (χ0n) is 14.0. The third-order valence-corrected chi connectivity index (χ3v) is 4.36. The molecule has 4 nitrogen and oxygen atoms in total. The maximum Gasteiger partial charge on any atom is 0.410 e. The molecule has 2 fully saturated rings. The van der Waals surface area contributed by atoms with E-state index in [1.807, 2.05) is 31.7 Å². The van der Waals surface area contributed by atoms with Gasteiger partial charge in [-0.05, 0) is 39.7 Å². The topological polar surface area (TPSA) is 32.8 Å². The van der Waals surface area contributed by atoms with Crippen molar-refractivity contribution < 1.29 is 9.53 Å². The Morgan fingerprint density at radius 2 is 1.91 bits per heavy atom. The Balaban J connectivity index is 1.64.